The molecule has 1 atom stereocenters. The van der Waals surface area contributed by atoms with Gasteiger partial charge >= 0.3 is 0 Å². The molecule has 0 bridgehead atoms. The van der Waals surface area contributed by atoms with Crippen LogP contribution < -0.4 is 20.7 Å². The molecule has 0 heterocycles. The van der Waals surface area contributed by atoms with Crippen molar-refractivity contribution in [1.29, 1.82) is 0 Å². The molecule has 2 rings (SSSR count). The van der Waals surface area contributed by atoms with Crippen LogP contribution >= 0.6 is 47.0 Å². The van der Waals surface area contributed by atoms with Gasteiger partial charge in [-0.1, -0.05) is 40.9 Å². The van der Waals surface area contributed by atoms with Crippen molar-refractivity contribution in [3.63, 3.8) is 0 Å². The predicted molar refractivity (Wildman–Crippen MR) is 120 cm³/mol. The number of carbonyl (C=O) groups excluding carboxylic acids is 1. The van der Waals surface area contributed by atoms with Gasteiger partial charge in [0, 0.05) is 11.3 Å². The third kappa shape index (κ3) is 6.41. The first-order valence-electron chi connectivity index (χ1n) is 8.26. The van der Waals surface area contributed by atoms with Gasteiger partial charge in [0.15, 0.2) is 5.11 Å². The van der Waals surface area contributed by atoms with Gasteiger partial charge in [0.25, 0.3) is 5.91 Å². The fourth-order valence-electron chi connectivity index (χ4n) is 2.27. The van der Waals surface area contributed by atoms with Crippen molar-refractivity contribution in [2.45, 2.75) is 23.8 Å². The molecule has 0 aliphatic carbocycles. The Morgan fingerprint density at radius 1 is 1.04 bits per heavy atom. The van der Waals surface area contributed by atoms with Crippen LogP contribution in [0.25, 0.3) is 0 Å². The van der Waals surface area contributed by atoms with E-state index in [0.717, 1.165) is 16.8 Å². The lowest BCUT2D eigenvalue weighted by molar-refractivity contribution is 0.0934. The number of aryl methyl sites for hydroxylation is 2. The van der Waals surface area contributed by atoms with E-state index in [1.165, 1.54) is 0 Å². The van der Waals surface area contributed by atoms with Gasteiger partial charge in [-0.15, -0.1) is 0 Å². The summed E-state index contributed by atoms with van der Waals surface area (Å²) >= 11 is 23.3. The number of anilines is 1. The first kappa shape index (κ1) is 22.6. The highest BCUT2D eigenvalue weighted by Gasteiger charge is 2.34. The maximum absolute atomic E-state index is 12.5. The van der Waals surface area contributed by atoms with Crippen LogP contribution in [0.3, 0.4) is 0 Å². The minimum Gasteiger partial charge on any atom is -0.497 e. The maximum Gasteiger partial charge on any atom is 0.252 e. The molecule has 2 aromatic rings. The van der Waals surface area contributed by atoms with E-state index in [0.29, 0.717) is 11.3 Å². The molecular formula is C19H20Cl3N3O2S. The minimum absolute atomic E-state index is 0.203. The third-order valence-electron chi connectivity index (χ3n) is 4.00. The first-order chi connectivity index (χ1) is 13.1. The second-order valence-corrected chi connectivity index (χ2v) is 8.85. The molecule has 0 spiro atoms. The average Bonchev–Trinajstić information content (AvgIpc) is 2.63. The van der Waals surface area contributed by atoms with E-state index < -0.39 is 15.9 Å². The summed E-state index contributed by atoms with van der Waals surface area (Å²) in [5.41, 5.74) is 3.44. The van der Waals surface area contributed by atoms with E-state index >= 15 is 0 Å². The zero-order chi connectivity index (χ0) is 20.9. The summed E-state index contributed by atoms with van der Waals surface area (Å²) in [7, 11) is 1.54. The van der Waals surface area contributed by atoms with Crippen LogP contribution in [0, 0.1) is 13.8 Å². The lowest BCUT2D eigenvalue weighted by atomic mass is 10.1. The summed E-state index contributed by atoms with van der Waals surface area (Å²) < 4.78 is 3.24. The Labute approximate surface area is 184 Å². The van der Waals surface area contributed by atoms with E-state index in [1.807, 2.05) is 32.0 Å². The van der Waals surface area contributed by atoms with Gasteiger partial charge in [0.2, 0.25) is 3.79 Å². The summed E-state index contributed by atoms with van der Waals surface area (Å²) in [6.45, 7) is 4.01. The molecule has 1 amide bonds. The van der Waals surface area contributed by atoms with Crippen molar-refractivity contribution < 1.29 is 9.53 Å². The van der Waals surface area contributed by atoms with Crippen molar-refractivity contribution in [3.8, 4) is 5.75 Å². The highest BCUT2D eigenvalue weighted by molar-refractivity contribution is 7.80. The number of hydrogen-bond donors (Lipinski definition) is 3. The molecule has 28 heavy (non-hydrogen) atoms. The number of nitrogens with one attached hydrogen (secondary N) is 3. The molecule has 3 N–H and O–H groups in total. The largest absolute Gasteiger partial charge is 0.497 e. The number of halogens is 3. The molecule has 5 nitrogen and oxygen atoms in total. The molecule has 0 unspecified atom stereocenters. The second-order valence-electron chi connectivity index (χ2n) is 6.07. The molecule has 0 aliphatic heterocycles. The van der Waals surface area contributed by atoms with Crippen molar-refractivity contribution >= 4 is 63.7 Å². The van der Waals surface area contributed by atoms with Crippen LogP contribution in [0.5, 0.6) is 5.75 Å². The topological polar surface area (TPSA) is 62.4 Å². The molecular weight excluding hydrogens is 441 g/mol. The van der Waals surface area contributed by atoms with Crippen LogP contribution in [0.4, 0.5) is 5.69 Å². The van der Waals surface area contributed by atoms with E-state index in [2.05, 4.69) is 16.0 Å². The molecule has 0 saturated carbocycles. The fraction of sp³-hybridized carbons (Fsp3) is 0.263. The zero-order valence-corrected chi connectivity index (χ0v) is 18.6. The Bertz CT molecular complexity index is 854. The summed E-state index contributed by atoms with van der Waals surface area (Å²) in [4.78, 5) is 12.5. The Balaban J connectivity index is 2.07. The number of thiocarbonyl (C=S) groups is 1. The third-order valence-corrected chi connectivity index (χ3v) is 4.87. The smallest absolute Gasteiger partial charge is 0.252 e. The highest BCUT2D eigenvalue weighted by atomic mass is 35.6. The van der Waals surface area contributed by atoms with Crippen molar-refractivity contribution in [3.05, 3.63) is 59.2 Å². The van der Waals surface area contributed by atoms with Gasteiger partial charge in [0.1, 0.15) is 11.9 Å². The van der Waals surface area contributed by atoms with E-state index in [1.54, 1.807) is 31.4 Å². The summed E-state index contributed by atoms with van der Waals surface area (Å²) in [6, 6.07) is 12.3. The number of rotatable bonds is 5. The Morgan fingerprint density at radius 2 is 1.68 bits per heavy atom. The normalized spacial score (nSPS) is 12.1. The van der Waals surface area contributed by atoms with Crippen molar-refractivity contribution in [2.75, 3.05) is 12.4 Å². The van der Waals surface area contributed by atoms with E-state index in [4.69, 9.17) is 51.8 Å². The van der Waals surface area contributed by atoms with E-state index in [9.17, 15) is 4.79 Å². The number of ether oxygens (including phenoxy) is 1. The van der Waals surface area contributed by atoms with Crippen LogP contribution in [0.1, 0.15) is 21.5 Å². The monoisotopic (exact) mass is 459 g/mol. The summed E-state index contributed by atoms with van der Waals surface area (Å²) in [6.07, 6.45) is -1.06. The quantitative estimate of drug-likeness (QED) is 0.342. The molecule has 0 aliphatic rings. The Kier molecular flexibility index (Phi) is 7.78. The molecule has 0 radical (unpaired) electrons. The molecule has 0 aromatic heterocycles. The molecule has 0 fully saturated rings. The SMILES string of the molecule is COc1ccc(C(=O)N[C@H](NC(=S)Nc2ccc(C)c(C)c2)C(Cl)(Cl)Cl)cc1. The Morgan fingerprint density at radius 3 is 2.21 bits per heavy atom. The number of carbonyl (C=O) groups is 1. The summed E-state index contributed by atoms with van der Waals surface area (Å²) in [5.74, 6) is 0.201. The van der Waals surface area contributed by atoms with E-state index in [-0.39, 0.29) is 5.11 Å². The van der Waals surface area contributed by atoms with Gasteiger partial charge in [-0.25, -0.2) is 0 Å². The minimum atomic E-state index is -1.84. The molecule has 150 valence electrons. The second kappa shape index (κ2) is 9.65. The van der Waals surface area contributed by atoms with Crippen molar-refractivity contribution in [1.82, 2.24) is 10.6 Å². The average molecular weight is 461 g/mol. The van der Waals surface area contributed by atoms with Crippen LogP contribution in [0.2, 0.25) is 0 Å². The summed E-state index contributed by atoms with van der Waals surface area (Å²) in [5, 5.41) is 8.68. The van der Waals surface area contributed by atoms with Crippen molar-refractivity contribution in [2.24, 2.45) is 0 Å². The number of benzene rings is 2. The predicted octanol–water partition coefficient (Wildman–Crippen LogP) is 4.72. The van der Waals surface area contributed by atoms with Gasteiger partial charge < -0.3 is 20.7 Å². The first-order valence-corrected chi connectivity index (χ1v) is 9.81. The number of alkyl halides is 3. The highest BCUT2D eigenvalue weighted by Crippen LogP contribution is 2.29. The van der Waals surface area contributed by atoms with Gasteiger partial charge in [0.05, 0.1) is 7.11 Å². The van der Waals surface area contributed by atoms with Crippen LogP contribution in [-0.4, -0.2) is 28.1 Å². The lowest BCUT2D eigenvalue weighted by Crippen LogP contribution is -2.56. The van der Waals surface area contributed by atoms with Gasteiger partial charge in [-0.3, -0.25) is 4.79 Å². The molecule has 0 saturated heterocycles. The standard InChI is InChI=1S/C19H20Cl3N3O2S/c1-11-4-7-14(10-12(11)2)23-18(28)25-17(19(20,21)22)24-16(26)13-5-8-15(27-3)9-6-13/h4-10,17H,1-3H3,(H,24,26)(H2,23,25,28)/t17-/m1/s1. The lowest BCUT2D eigenvalue weighted by Gasteiger charge is -2.28. The van der Waals surface area contributed by atoms with Crippen LogP contribution in [-0.2, 0) is 0 Å². The number of methoxy groups -OCH3 is 1. The van der Waals surface area contributed by atoms with Gasteiger partial charge in [-0.05, 0) is 73.6 Å². The maximum atomic E-state index is 12.5. The van der Waals surface area contributed by atoms with Gasteiger partial charge in [-0.2, -0.15) is 0 Å². The molecule has 9 heteroatoms. The molecule has 2 aromatic carbocycles. The number of hydrogen-bond acceptors (Lipinski definition) is 3. The zero-order valence-electron chi connectivity index (χ0n) is 15.5. The fourth-order valence-corrected chi connectivity index (χ4v) is 2.84. The Hall–Kier alpha value is -1.73. The van der Waals surface area contributed by atoms with Crippen LogP contribution in [0.15, 0.2) is 42.5 Å². The number of amides is 1.